The molecule has 41 heavy (non-hydrogen) atoms. The summed E-state index contributed by atoms with van der Waals surface area (Å²) in [5, 5.41) is 12.6. The summed E-state index contributed by atoms with van der Waals surface area (Å²) in [5.74, 6) is -1.79. The molecule has 0 radical (unpaired) electrons. The van der Waals surface area contributed by atoms with Gasteiger partial charge in [0.1, 0.15) is 5.54 Å². The fourth-order valence-corrected chi connectivity index (χ4v) is 8.14. The van der Waals surface area contributed by atoms with E-state index in [2.05, 4.69) is 21.3 Å². The number of carbonyl (C=O) groups is 1. The van der Waals surface area contributed by atoms with Gasteiger partial charge in [0.2, 0.25) is 11.8 Å². The maximum Gasteiger partial charge on any atom is 0.248 e. The van der Waals surface area contributed by atoms with Crippen molar-refractivity contribution in [2.24, 2.45) is 11.8 Å². The molecule has 11 heteroatoms. The summed E-state index contributed by atoms with van der Waals surface area (Å²) in [6.45, 7) is 1.05. The van der Waals surface area contributed by atoms with Gasteiger partial charge in [-0.05, 0) is 55.7 Å². The van der Waals surface area contributed by atoms with Crippen molar-refractivity contribution in [3.05, 3.63) is 35.5 Å². The van der Waals surface area contributed by atoms with Crippen LogP contribution < -0.4 is 10.2 Å². The van der Waals surface area contributed by atoms with Crippen molar-refractivity contribution in [1.29, 1.82) is 5.26 Å². The number of alkyl halides is 2. The second-order valence-electron chi connectivity index (χ2n) is 12.0. The average Bonchev–Trinajstić information content (AvgIpc) is 3.43. The lowest BCUT2D eigenvalue weighted by Gasteiger charge is -2.28. The Bertz CT molecular complexity index is 1350. The van der Waals surface area contributed by atoms with E-state index in [4.69, 9.17) is 5.26 Å². The Kier molecular flexibility index (Phi) is 9.00. The first kappa shape index (κ1) is 29.9. The van der Waals surface area contributed by atoms with E-state index in [-0.39, 0.29) is 43.5 Å². The van der Waals surface area contributed by atoms with Crippen LogP contribution in [0.4, 0.5) is 14.5 Å². The number of sulfone groups is 1. The molecule has 1 amide bonds. The lowest BCUT2D eigenvalue weighted by molar-refractivity contribution is -0.126. The fraction of sp³-hybridized carbons (Fsp3) is 0.633. The maximum absolute atomic E-state index is 13.3. The maximum atomic E-state index is 13.3. The number of halogens is 2. The predicted octanol–water partition coefficient (Wildman–Crippen LogP) is 6.01. The number of aromatic nitrogens is 1. The van der Waals surface area contributed by atoms with Crippen molar-refractivity contribution in [1.82, 2.24) is 10.3 Å². The van der Waals surface area contributed by atoms with E-state index in [0.717, 1.165) is 59.7 Å². The largest absolute Gasteiger partial charge is 0.369 e. The minimum Gasteiger partial charge on any atom is -0.369 e. The van der Waals surface area contributed by atoms with Gasteiger partial charge in [0.15, 0.2) is 9.84 Å². The van der Waals surface area contributed by atoms with Crippen LogP contribution in [0.2, 0.25) is 0 Å². The average molecular weight is 607 g/mol. The molecular weight excluding hydrogens is 566 g/mol. The third-order valence-electron chi connectivity index (χ3n) is 8.69. The zero-order valence-electron chi connectivity index (χ0n) is 23.3. The first-order valence-electron chi connectivity index (χ1n) is 14.7. The van der Waals surface area contributed by atoms with Gasteiger partial charge < -0.3 is 10.2 Å². The highest BCUT2D eigenvalue weighted by Gasteiger charge is 2.45. The van der Waals surface area contributed by atoms with Crippen LogP contribution in [0.15, 0.2) is 30.5 Å². The van der Waals surface area contributed by atoms with Gasteiger partial charge in [-0.15, -0.1) is 11.3 Å². The number of nitrogens with zero attached hydrogens (tertiary/aromatic N) is 3. The van der Waals surface area contributed by atoms with E-state index < -0.39 is 21.3 Å². The number of nitrogens with one attached hydrogen (secondary N) is 1. The van der Waals surface area contributed by atoms with Crippen molar-refractivity contribution in [2.45, 2.75) is 82.1 Å². The predicted molar refractivity (Wildman–Crippen MR) is 159 cm³/mol. The van der Waals surface area contributed by atoms with Crippen LogP contribution in [-0.4, -0.2) is 55.4 Å². The highest BCUT2D eigenvalue weighted by Crippen LogP contribution is 2.41. The van der Waals surface area contributed by atoms with Gasteiger partial charge >= 0.3 is 0 Å². The molecule has 7 nitrogen and oxygen atoms in total. The van der Waals surface area contributed by atoms with Gasteiger partial charge in [-0.2, -0.15) is 5.26 Å². The number of nitriles is 1. The molecule has 0 bridgehead atoms. The zero-order chi connectivity index (χ0) is 29.1. The Balaban J connectivity index is 0.000000228. The van der Waals surface area contributed by atoms with E-state index in [1.165, 1.54) is 6.42 Å². The second kappa shape index (κ2) is 12.3. The number of anilines is 1. The van der Waals surface area contributed by atoms with Crippen molar-refractivity contribution in [3.8, 4) is 16.5 Å². The summed E-state index contributed by atoms with van der Waals surface area (Å²) in [6.07, 6.45) is 10.3. The normalized spacial score (nSPS) is 24.5. The second-order valence-corrected chi connectivity index (χ2v) is 15.4. The lowest BCUT2D eigenvalue weighted by Crippen LogP contribution is -2.40. The number of hydrogen-bond donors (Lipinski definition) is 1. The Morgan fingerprint density at radius 2 is 1.78 bits per heavy atom. The molecule has 3 saturated carbocycles. The standard InChI is InChI=1S/C19H22F2N2O2S2.C11H16N2O.H2/c20-19(21)6-5-14(12-19)11-18-22-13-17(26-18)15-1-3-16(4-2-15)23-7-9-27(24,25)10-8-23;12-8-11(6-7-11)13-10(14)9-4-2-1-3-5-9;/h1-4,13-14H,5-12H2;9H,1-7H2,(H,13,14);1H. The van der Waals surface area contributed by atoms with Gasteiger partial charge in [-0.3, -0.25) is 4.79 Å². The first-order chi connectivity index (χ1) is 19.6. The van der Waals surface area contributed by atoms with Gasteiger partial charge in [-0.1, -0.05) is 31.4 Å². The summed E-state index contributed by atoms with van der Waals surface area (Å²) >= 11 is 1.57. The van der Waals surface area contributed by atoms with E-state index in [1.54, 1.807) is 11.3 Å². The van der Waals surface area contributed by atoms with Crippen LogP contribution >= 0.6 is 11.3 Å². The summed E-state index contributed by atoms with van der Waals surface area (Å²) in [6, 6.07) is 10.2. The summed E-state index contributed by atoms with van der Waals surface area (Å²) in [5.41, 5.74) is 1.59. The molecule has 1 aromatic carbocycles. The summed E-state index contributed by atoms with van der Waals surface area (Å²) in [4.78, 5) is 19.3. The van der Waals surface area contributed by atoms with E-state index in [0.29, 0.717) is 25.9 Å². The van der Waals surface area contributed by atoms with Gasteiger partial charge in [0.25, 0.3) is 0 Å². The number of hydrogen-bond acceptors (Lipinski definition) is 7. The molecule has 1 saturated heterocycles. The molecule has 3 aliphatic carbocycles. The van der Waals surface area contributed by atoms with Crippen molar-refractivity contribution >= 4 is 32.8 Å². The molecule has 224 valence electrons. The number of thiazole rings is 1. The molecular formula is C30H40F2N4O3S2. The number of amides is 1. The van der Waals surface area contributed by atoms with E-state index in [9.17, 15) is 22.0 Å². The van der Waals surface area contributed by atoms with Crippen LogP contribution in [0.25, 0.3) is 10.4 Å². The Hall–Kier alpha value is -2.58. The third-order valence-corrected chi connectivity index (χ3v) is 11.4. The molecule has 4 aliphatic rings. The summed E-state index contributed by atoms with van der Waals surface area (Å²) in [7, 11) is -2.88. The van der Waals surface area contributed by atoms with Crippen LogP contribution in [0, 0.1) is 23.2 Å². The smallest absolute Gasteiger partial charge is 0.248 e. The Labute approximate surface area is 246 Å². The van der Waals surface area contributed by atoms with Gasteiger partial charge in [0.05, 0.1) is 27.5 Å². The zero-order valence-corrected chi connectivity index (χ0v) is 24.9. The quantitative estimate of drug-likeness (QED) is 0.432. The highest BCUT2D eigenvalue weighted by atomic mass is 32.2. The molecule has 1 unspecified atom stereocenters. The van der Waals surface area contributed by atoms with Crippen LogP contribution in [0.3, 0.4) is 0 Å². The van der Waals surface area contributed by atoms with Crippen molar-refractivity contribution in [2.75, 3.05) is 29.5 Å². The Morgan fingerprint density at radius 3 is 2.37 bits per heavy atom. The minimum atomic E-state index is -2.88. The number of carbonyl (C=O) groups excluding carboxylic acids is 1. The molecule has 4 fully saturated rings. The van der Waals surface area contributed by atoms with Gasteiger partial charge in [-0.25, -0.2) is 22.2 Å². The Morgan fingerprint density at radius 1 is 1.10 bits per heavy atom. The van der Waals surface area contributed by atoms with Crippen LogP contribution in [0.1, 0.15) is 70.6 Å². The third kappa shape index (κ3) is 8.04. The van der Waals surface area contributed by atoms with Gasteiger partial charge in [0, 0.05) is 51.6 Å². The number of rotatable bonds is 6. The minimum absolute atomic E-state index is 0. The molecule has 2 aromatic rings. The van der Waals surface area contributed by atoms with Crippen LogP contribution in [-0.2, 0) is 21.1 Å². The molecule has 1 aromatic heterocycles. The summed E-state index contributed by atoms with van der Waals surface area (Å²) < 4.78 is 49.8. The molecule has 1 N–H and O–H groups in total. The highest BCUT2D eigenvalue weighted by molar-refractivity contribution is 7.91. The number of benzene rings is 1. The monoisotopic (exact) mass is 606 g/mol. The van der Waals surface area contributed by atoms with Crippen molar-refractivity contribution < 1.29 is 23.4 Å². The molecule has 1 aliphatic heterocycles. The topological polar surface area (TPSA) is 103 Å². The molecule has 0 spiro atoms. The van der Waals surface area contributed by atoms with E-state index >= 15 is 0 Å². The fourth-order valence-electron chi connectivity index (χ4n) is 5.90. The SMILES string of the molecule is N#CC1(NC(=O)C2CCCCC2)CC1.O=S1(=O)CCN(c2ccc(-c3cnc(CC4CCC(F)(F)C4)s3)cc2)CC1.[HH]. The lowest BCUT2D eigenvalue weighted by atomic mass is 9.88. The molecule has 1 atom stereocenters. The van der Waals surface area contributed by atoms with Crippen LogP contribution in [0.5, 0.6) is 0 Å². The van der Waals surface area contributed by atoms with E-state index in [1.807, 2.05) is 30.5 Å². The van der Waals surface area contributed by atoms with Crippen molar-refractivity contribution in [3.63, 3.8) is 0 Å². The molecule has 6 rings (SSSR count). The first-order valence-corrected chi connectivity index (χ1v) is 17.3. The molecule has 2 heterocycles.